The number of rotatable bonds is 2. The van der Waals surface area contributed by atoms with E-state index in [1.807, 2.05) is 19.2 Å². The van der Waals surface area contributed by atoms with E-state index >= 15 is 0 Å². The van der Waals surface area contributed by atoms with Crippen LogP contribution in [0, 0.1) is 12.8 Å². The van der Waals surface area contributed by atoms with E-state index in [9.17, 15) is 0 Å². The van der Waals surface area contributed by atoms with Crippen LogP contribution in [0.4, 0.5) is 5.95 Å². The van der Waals surface area contributed by atoms with Gasteiger partial charge >= 0.3 is 0 Å². The molecule has 1 fully saturated rings. The fourth-order valence-electron chi connectivity index (χ4n) is 3.14. The number of aromatic nitrogens is 3. The molecule has 0 spiro atoms. The Morgan fingerprint density at radius 2 is 2.09 bits per heavy atom. The number of aryl methyl sites for hydroxylation is 1. The topological polar surface area (TPSA) is 55.1 Å². The monoisotopic (exact) mass is 314 g/mol. The quantitative estimate of drug-likeness (QED) is 0.839. The zero-order valence-corrected chi connectivity index (χ0v) is 14.8. The Bertz CT molecular complexity index is 687. The van der Waals surface area contributed by atoms with Crippen LogP contribution in [0.15, 0.2) is 16.8 Å². The lowest BCUT2D eigenvalue weighted by Crippen LogP contribution is -2.36. The molecule has 1 aliphatic rings. The molecule has 3 rings (SSSR count). The van der Waals surface area contributed by atoms with Gasteiger partial charge in [-0.1, -0.05) is 32.9 Å². The molecule has 23 heavy (non-hydrogen) atoms. The van der Waals surface area contributed by atoms with Crippen molar-refractivity contribution < 1.29 is 4.52 Å². The molecule has 5 heteroatoms. The van der Waals surface area contributed by atoms with Gasteiger partial charge in [0.25, 0.3) is 0 Å². The highest BCUT2D eigenvalue weighted by atomic mass is 16.5. The Hall–Kier alpha value is -1.91. The lowest BCUT2D eigenvalue weighted by atomic mass is 9.88. The van der Waals surface area contributed by atoms with Crippen molar-refractivity contribution in [1.82, 2.24) is 15.1 Å². The third-order valence-corrected chi connectivity index (χ3v) is 4.32. The summed E-state index contributed by atoms with van der Waals surface area (Å²) in [5.74, 6) is 2.27. The summed E-state index contributed by atoms with van der Waals surface area (Å²) in [6.45, 7) is 12.8. The van der Waals surface area contributed by atoms with Crippen molar-refractivity contribution >= 4 is 5.95 Å². The van der Waals surface area contributed by atoms with Gasteiger partial charge in [0.05, 0.1) is 17.0 Å². The third-order valence-electron chi connectivity index (χ3n) is 4.32. The van der Waals surface area contributed by atoms with E-state index < -0.39 is 0 Å². The first-order valence-corrected chi connectivity index (χ1v) is 8.41. The zero-order chi connectivity index (χ0) is 16.6. The van der Waals surface area contributed by atoms with E-state index in [0.717, 1.165) is 41.7 Å². The average Bonchev–Trinajstić information content (AvgIpc) is 2.92. The molecule has 3 heterocycles. The predicted octanol–water partition coefficient (Wildman–Crippen LogP) is 3.97. The summed E-state index contributed by atoms with van der Waals surface area (Å²) < 4.78 is 5.44. The van der Waals surface area contributed by atoms with E-state index in [1.54, 1.807) is 0 Å². The summed E-state index contributed by atoms with van der Waals surface area (Å²) in [6, 6.07) is 1.94. The number of hydrogen-bond donors (Lipinski definition) is 0. The largest absolute Gasteiger partial charge is 0.356 e. The minimum atomic E-state index is -0.0882. The second-order valence-corrected chi connectivity index (χ2v) is 7.71. The molecule has 0 bridgehead atoms. The summed E-state index contributed by atoms with van der Waals surface area (Å²) in [7, 11) is 0. The van der Waals surface area contributed by atoms with Crippen LogP contribution in [0.5, 0.6) is 0 Å². The van der Waals surface area contributed by atoms with E-state index in [0.29, 0.717) is 5.92 Å². The third kappa shape index (κ3) is 3.38. The minimum absolute atomic E-state index is 0.0882. The van der Waals surface area contributed by atoms with Gasteiger partial charge in [-0.3, -0.25) is 0 Å². The number of hydrogen-bond acceptors (Lipinski definition) is 5. The second kappa shape index (κ2) is 5.95. The Morgan fingerprint density at radius 1 is 1.30 bits per heavy atom. The minimum Gasteiger partial charge on any atom is -0.356 e. The van der Waals surface area contributed by atoms with Crippen molar-refractivity contribution in [2.75, 3.05) is 18.0 Å². The molecule has 0 radical (unpaired) electrons. The first-order chi connectivity index (χ1) is 10.8. The van der Waals surface area contributed by atoms with Gasteiger partial charge < -0.3 is 9.42 Å². The number of anilines is 1. The molecule has 0 aliphatic carbocycles. The summed E-state index contributed by atoms with van der Waals surface area (Å²) >= 11 is 0. The van der Waals surface area contributed by atoms with E-state index in [-0.39, 0.29) is 5.41 Å². The standard InChI is InChI=1S/C18H26N4O/c1-12-7-6-8-22(11-12)17-19-10-14(15-9-13(2)21-23-15)16(20-17)18(3,4)5/h9-10,12H,6-8,11H2,1-5H3/t12-/m1/s1. The average molecular weight is 314 g/mol. The molecular weight excluding hydrogens is 288 g/mol. The van der Waals surface area contributed by atoms with Crippen LogP contribution >= 0.6 is 0 Å². The highest BCUT2D eigenvalue weighted by Gasteiger charge is 2.26. The van der Waals surface area contributed by atoms with Crippen molar-refractivity contribution in [3.8, 4) is 11.3 Å². The Balaban J connectivity index is 2.02. The van der Waals surface area contributed by atoms with Gasteiger partial charge in [0.2, 0.25) is 5.95 Å². The molecule has 124 valence electrons. The predicted molar refractivity (Wildman–Crippen MR) is 91.6 cm³/mol. The highest BCUT2D eigenvalue weighted by Crippen LogP contribution is 2.33. The molecule has 0 N–H and O–H groups in total. The van der Waals surface area contributed by atoms with Gasteiger partial charge in [-0.05, 0) is 25.7 Å². The van der Waals surface area contributed by atoms with Gasteiger partial charge in [0, 0.05) is 30.8 Å². The molecule has 1 aliphatic heterocycles. The fourth-order valence-corrected chi connectivity index (χ4v) is 3.14. The molecule has 0 unspecified atom stereocenters. The Kier molecular flexibility index (Phi) is 4.13. The van der Waals surface area contributed by atoms with E-state index in [2.05, 4.69) is 42.7 Å². The van der Waals surface area contributed by atoms with Crippen molar-refractivity contribution in [2.45, 2.75) is 52.9 Å². The van der Waals surface area contributed by atoms with Crippen molar-refractivity contribution in [3.63, 3.8) is 0 Å². The molecule has 1 atom stereocenters. The van der Waals surface area contributed by atoms with Crippen molar-refractivity contribution in [1.29, 1.82) is 0 Å². The lowest BCUT2D eigenvalue weighted by Gasteiger charge is -2.32. The molecule has 5 nitrogen and oxygen atoms in total. The van der Waals surface area contributed by atoms with Crippen LogP contribution in [0.3, 0.4) is 0 Å². The Labute approximate surface area is 138 Å². The van der Waals surface area contributed by atoms with Crippen molar-refractivity contribution in [3.05, 3.63) is 23.7 Å². The number of piperidine rings is 1. The highest BCUT2D eigenvalue weighted by molar-refractivity contribution is 5.62. The molecule has 0 aromatic carbocycles. The maximum atomic E-state index is 5.44. The van der Waals surface area contributed by atoms with E-state index in [4.69, 9.17) is 9.51 Å². The molecule has 2 aromatic heterocycles. The number of nitrogens with zero attached hydrogens (tertiary/aromatic N) is 4. The summed E-state index contributed by atoms with van der Waals surface area (Å²) in [5, 5.41) is 4.00. The molecule has 0 saturated carbocycles. The smallest absolute Gasteiger partial charge is 0.225 e. The van der Waals surface area contributed by atoms with Crippen molar-refractivity contribution in [2.24, 2.45) is 5.92 Å². The molecule has 1 saturated heterocycles. The maximum absolute atomic E-state index is 5.44. The van der Waals surface area contributed by atoms with Crippen LogP contribution in [-0.2, 0) is 5.41 Å². The molecular formula is C18H26N4O. The first kappa shape index (κ1) is 16.0. The first-order valence-electron chi connectivity index (χ1n) is 8.41. The maximum Gasteiger partial charge on any atom is 0.225 e. The SMILES string of the molecule is Cc1cc(-c2cnc(N3CCC[C@@H](C)C3)nc2C(C)(C)C)on1. The summed E-state index contributed by atoms with van der Waals surface area (Å²) in [4.78, 5) is 11.8. The molecule has 0 amide bonds. The van der Waals surface area contributed by atoms with Gasteiger partial charge in [-0.2, -0.15) is 0 Å². The lowest BCUT2D eigenvalue weighted by molar-refractivity contribution is 0.424. The van der Waals surface area contributed by atoms with E-state index in [1.165, 1.54) is 12.8 Å². The summed E-state index contributed by atoms with van der Waals surface area (Å²) in [6.07, 6.45) is 4.39. The van der Waals surface area contributed by atoms with Crippen LogP contribution in [-0.4, -0.2) is 28.2 Å². The van der Waals surface area contributed by atoms with Gasteiger partial charge in [-0.15, -0.1) is 0 Å². The normalized spacial score (nSPS) is 19.2. The van der Waals surface area contributed by atoms with Crippen LogP contribution in [0.2, 0.25) is 0 Å². The van der Waals surface area contributed by atoms with Crippen LogP contribution in [0.1, 0.15) is 51.9 Å². The van der Waals surface area contributed by atoms with Gasteiger partial charge in [0.15, 0.2) is 5.76 Å². The zero-order valence-electron chi connectivity index (χ0n) is 14.8. The van der Waals surface area contributed by atoms with Crippen LogP contribution in [0.25, 0.3) is 11.3 Å². The van der Waals surface area contributed by atoms with Gasteiger partial charge in [-0.25, -0.2) is 9.97 Å². The second-order valence-electron chi connectivity index (χ2n) is 7.71. The Morgan fingerprint density at radius 3 is 2.70 bits per heavy atom. The van der Waals surface area contributed by atoms with Gasteiger partial charge in [0.1, 0.15) is 0 Å². The summed E-state index contributed by atoms with van der Waals surface area (Å²) in [5.41, 5.74) is 2.73. The molecule has 2 aromatic rings. The fraction of sp³-hybridized carbons (Fsp3) is 0.611. The van der Waals surface area contributed by atoms with Crippen LogP contribution < -0.4 is 4.90 Å².